The number of aromatic nitrogens is 4. The van der Waals surface area contributed by atoms with Gasteiger partial charge in [0.2, 0.25) is 16.0 Å². The molecule has 0 bridgehead atoms. The zero-order chi connectivity index (χ0) is 25.6. The largest absolute Gasteiger partial charge is 0.419 e. The van der Waals surface area contributed by atoms with Crippen LogP contribution < -0.4 is 5.32 Å². The highest BCUT2D eigenvalue weighted by Gasteiger charge is 2.40. The Kier molecular flexibility index (Phi) is 6.85. The van der Waals surface area contributed by atoms with Crippen molar-refractivity contribution < 1.29 is 26.7 Å². The topological polar surface area (TPSA) is 116 Å². The predicted octanol–water partition coefficient (Wildman–Crippen LogP) is 1.65. The van der Waals surface area contributed by atoms with Crippen molar-refractivity contribution in [3.63, 3.8) is 0 Å². The minimum Gasteiger partial charge on any atom is -0.389 e. The van der Waals surface area contributed by atoms with Gasteiger partial charge in [0, 0.05) is 50.2 Å². The van der Waals surface area contributed by atoms with Crippen molar-refractivity contribution in [2.24, 2.45) is 0 Å². The van der Waals surface area contributed by atoms with Gasteiger partial charge in [0.15, 0.2) is 0 Å². The van der Waals surface area contributed by atoms with E-state index in [4.69, 9.17) is 0 Å². The number of hydrogen-bond donors (Lipinski definition) is 2. The van der Waals surface area contributed by atoms with E-state index >= 15 is 0 Å². The van der Waals surface area contributed by atoms with E-state index in [0.29, 0.717) is 39.0 Å². The Morgan fingerprint density at radius 3 is 2.40 bits per heavy atom. The van der Waals surface area contributed by atoms with E-state index in [-0.39, 0.29) is 35.0 Å². The van der Waals surface area contributed by atoms with Crippen LogP contribution in [0, 0.1) is 0 Å². The van der Waals surface area contributed by atoms with Crippen LogP contribution in [-0.4, -0.2) is 92.6 Å². The molecule has 2 aliphatic heterocycles. The number of likely N-dealkylation sites (tertiary alicyclic amines) is 1. The Hall–Kier alpha value is -2.29. The van der Waals surface area contributed by atoms with Crippen LogP contribution in [0.1, 0.15) is 32.3 Å². The molecule has 2 saturated heterocycles. The quantitative estimate of drug-likeness (QED) is 0.570. The summed E-state index contributed by atoms with van der Waals surface area (Å²) in [7, 11) is -1.48. The lowest BCUT2D eigenvalue weighted by atomic mass is 10.1. The summed E-state index contributed by atoms with van der Waals surface area (Å²) in [5.41, 5.74) is -2.24. The van der Waals surface area contributed by atoms with Gasteiger partial charge >= 0.3 is 6.18 Å². The molecule has 0 unspecified atom stereocenters. The van der Waals surface area contributed by atoms with Gasteiger partial charge in [-0.05, 0) is 33.7 Å². The lowest BCUT2D eigenvalue weighted by Crippen LogP contribution is -2.58. The van der Waals surface area contributed by atoms with Gasteiger partial charge in [-0.2, -0.15) is 18.3 Å². The lowest BCUT2D eigenvalue weighted by Gasteiger charge is -2.40. The molecule has 0 spiro atoms. The molecular weight excluding hydrogens is 487 g/mol. The van der Waals surface area contributed by atoms with Gasteiger partial charge < -0.3 is 15.3 Å². The molecule has 0 aromatic carbocycles. The number of anilines is 1. The molecule has 2 fully saturated rings. The molecule has 0 radical (unpaired) electrons. The van der Waals surface area contributed by atoms with Gasteiger partial charge in [-0.15, -0.1) is 0 Å². The second-order valence-electron chi connectivity index (χ2n) is 9.90. The Balaban J connectivity index is 1.48. The third kappa shape index (κ3) is 5.93. The van der Waals surface area contributed by atoms with Gasteiger partial charge in [-0.3, -0.25) is 4.68 Å². The molecule has 2 N–H and O–H groups in total. The molecule has 4 rings (SSSR count). The van der Waals surface area contributed by atoms with Crippen molar-refractivity contribution in [3.8, 4) is 11.3 Å². The first-order valence-corrected chi connectivity index (χ1v) is 12.9. The van der Waals surface area contributed by atoms with Crippen molar-refractivity contribution in [1.82, 2.24) is 29.0 Å². The molecule has 2 aliphatic rings. The van der Waals surface area contributed by atoms with E-state index in [0.717, 1.165) is 6.20 Å². The second kappa shape index (κ2) is 9.30. The maximum absolute atomic E-state index is 13.6. The van der Waals surface area contributed by atoms with Crippen molar-refractivity contribution in [3.05, 3.63) is 24.2 Å². The summed E-state index contributed by atoms with van der Waals surface area (Å²) in [5, 5.41) is 16.7. The van der Waals surface area contributed by atoms with Gasteiger partial charge in [0.25, 0.3) is 0 Å². The standard InChI is InChI=1S/C21H30F3N7O3S/c1-20(2,32)13-30-10-14(8-26-30)18-17(21(22,23)24)9-25-19(28-18)27-15-4-6-31(7-5-15)35(33,34)16-11-29(3)12-16/h8-10,15-16,32H,4-7,11-13H2,1-3H3,(H,25,27,28). The molecule has 2 aromatic heterocycles. The van der Waals surface area contributed by atoms with E-state index in [2.05, 4.69) is 20.4 Å². The van der Waals surface area contributed by atoms with Crippen LogP contribution in [0.4, 0.5) is 19.1 Å². The summed E-state index contributed by atoms with van der Waals surface area (Å²) >= 11 is 0. The first-order valence-electron chi connectivity index (χ1n) is 11.4. The number of nitrogens with zero attached hydrogens (tertiary/aromatic N) is 6. The molecule has 2 aromatic rings. The van der Waals surface area contributed by atoms with Crippen LogP contribution in [0.3, 0.4) is 0 Å². The summed E-state index contributed by atoms with van der Waals surface area (Å²) in [6.45, 7) is 4.95. The van der Waals surface area contributed by atoms with Crippen LogP contribution in [0.5, 0.6) is 0 Å². The Labute approximate surface area is 202 Å². The van der Waals surface area contributed by atoms with Crippen molar-refractivity contribution in [2.75, 3.05) is 38.5 Å². The minimum absolute atomic E-state index is 0.0326. The maximum atomic E-state index is 13.6. The molecule has 4 heterocycles. The molecule has 0 saturated carbocycles. The molecule has 0 atom stereocenters. The summed E-state index contributed by atoms with van der Waals surface area (Å²) in [5.74, 6) is 0.0326. The third-order valence-corrected chi connectivity index (χ3v) is 8.37. The monoisotopic (exact) mass is 517 g/mol. The molecule has 0 aliphatic carbocycles. The van der Waals surface area contributed by atoms with E-state index in [1.807, 2.05) is 11.9 Å². The summed E-state index contributed by atoms with van der Waals surface area (Å²) < 4.78 is 69.3. The van der Waals surface area contributed by atoms with Gasteiger partial charge in [-0.25, -0.2) is 22.7 Å². The fourth-order valence-corrected chi connectivity index (χ4v) is 6.35. The normalized spacial score (nSPS) is 19.6. The first kappa shape index (κ1) is 25.8. The molecule has 10 nitrogen and oxygen atoms in total. The highest BCUT2D eigenvalue weighted by Crippen LogP contribution is 2.36. The predicted molar refractivity (Wildman–Crippen MR) is 123 cm³/mol. The maximum Gasteiger partial charge on any atom is 0.419 e. The number of hydrogen-bond acceptors (Lipinski definition) is 8. The van der Waals surface area contributed by atoms with E-state index in [1.54, 1.807) is 13.8 Å². The summed E-state index contributed by atoms with van der Waals surface area (Å²) in [6, 6.07) is -0.173. The first-order chi connectivity index (χ1) is 16.2. The van der Waals surface area contributed by atoms with Crippen LogP contribution >= 0.6 is 0 Å². The SMILES string of the molecule is CN1CC(S(=O)(=O)N2CCC(Nc3ncc(C(F)(F)F)c(-c4cnn(CC(C)(C)O)c4)n3)CC2)C1. The number of nitrogens with one attached hydrogen (secondary N) is 1. The summed E-state index contributed by atoms with van der Waals surface area (Å²) in [6.07, 6.45) is -0.267. The average Bonchev–Trinajstić information content (AvgIpc) is 3.17. The third-order valence-electron chi connectivity index (χ3n) is 6.15. The highest BCUT2D eigenvalue weighted by atomic mass is 32.2. The Bertz CT molecular complexity index is 1150. The van der Waals surface area contributed by atoms with E-state index in [9.17, 15) is 26.7 Å². The zero-order valence-electron chi connectivity index (χ0n) is 19.8. The number of sulfonamides is 1. The number of piperidine rings is 1. The fraction of sp³-hybridized carbons (Fsp3) is 0.667. The Morgan fingerprint density at radius 1 is 1.17 bits per heavy atom. The van der Waals surface area contributed by atoms with Crippen LogP contribution in [-0.2, 0) is 22.7 Å². The number of alkyl halides is 3. The van der Waals surface area contributed by atoms with Crippen molar-refractivity contribution in [1.29, 1.82) is 0 Å². The average molecular weight is 518 g/mol. The van der Waals surface area contributed by atoms with Gasteiger partial charge in [0.05, 0.1) is 24.0 Å². The molecule has 35 heavy (non-hydrogen) atoms. The second-order valence-corrected chi connectivity index (χ2v) is 12.1. The van der Waals surface area contributed by atoms with E-state index in [1.165, 1.54) is 21.4 Å². The molecule has 194 valence electrons. The smallest absolute Gasteiger partial charge is 0.389 e. The van der Waals surface area contributed by atoms with Crippen LogP contribution in [0.15, 0.2) is 18.6 Å². The van der Waals surface area contributed by atoms with Crippen molar-refractivity contribution in [2.45, 2.75) is 56.3 Å². The molecular formula is C21H30F3N7O3S. The lowest BCUT2D eigenvalue weighted by molar-refractivity contribution is -0.137. The van der Waals surface area contributed by atoms with Crippen molar-refractivity contribution >= 4 is 16.0 Å². The molecule has 0 amide bonds. The molecule has 14 heteroatoms. The fourth-order valence-electron chi connectivity index (χ4n) is 4.33. The van der Waals surface area contributed by atoms with Crippen LogP contribution in [0.25, 0.3) is 11.3 Å². The highest BCUT2D eigenvalue weighted by molar-refractivity contribution is 7.89. The van der Waals surface area contributed by atoms with Crippen LogP contribution in [0.2, 0.25) is 0 Å². The number of aliphatic hydroxyl groups is 1. The van der Waals surface area contributed by atoms with E-state index < -0.39 is 27.4 Å². The van der Waals surface area contributed by atoms with Gasteiger partial charge in [0.1, 0.15) is 10.8 Å². The number of halogens is 3. The van der Waals surface area contributed by atoms with Gasteiger partial charge in [-0.1, -0.05) is 0 Å². The minimum atomic E-state index is -4.67. The number of rotatable bonds is 7. The Morgan fingerprint density at radius 2 is 1.83 bits per heavy atom. The summed E-state index contributed by atoms with van der Waals surface area (Å²) in [4.78, 5) is 9.97. The zero-order valence-corrected chi connectivity index (χ0v) is 20.6.